The normalized spacial score (nSPS) is 10.8. The number of hydrogen-bond donors (Lipinski definition) is 1. The first kappa shape index (κ1) is 22.8. The minimum absolute atomic E-state index is 0.0407. The van der Waals surface area contributed by atoms with Crippen molar-refractivity contribution in [2.24, 2.45) is 0 Å². The van der Waals surface area contributed by atoms with Gasteiger partial charge < -0.3 is 9.84 Å². The van der Waals surface area contributed by atoms with E-state index in [4.69, 9.17) is 33.0 Å². The van der Waals surface area contributed by atoms with Crippen LogP contribution >= 0.6 is 23.2 Å². The number of carboxylic acids is 1. The molecule has 2 aromatic carbocycles. The van der Waals surface area contributed by atoms with Crippen molar-refractivity contribution >= 4 is 35.1 Å². The highest BCUT2D eigenvalue weighted by Crippen LogP contribution is 2.23. The standard InChI is InChI=1S/C23H22Cl2N2O4/c1-14-19(11-22(28)29)15(2)27(26-14)12-17-5-3-16(4-6-17)10-23(30)31-13-18-7-8-20(24)21(25)9-18/h3-9H,10-13H2,1-2H3,(H,28,29). The molecule has 3 aromatic rings. The Morgan fingerprint density at radius 2 is 1.61 bits per heavy atom. The third-order valence-corrected chi connectivity index (χ3v) is 5.69. The molecular formula is C23H22Cl2N2O4. The Morgan fingerprint density at radius 3 is 2.26 bits per heavy atom. The summed E-state index contributed by atoms with van der Waals surface area (Å²) in [6, 6.07) is 12.7. The maximum absolute atomic E-state index is 12.1. The molecular weight excluding hydrogens is 439 g/mol. The third kappa shape index (κ3) is 6.09. The predicted molar refractivity (Wildman–Crippen MR) is 119 cm³/mol. The molecule has 0 bridgehead atoms. The Bertz CT molecular complexity index is 1110. The fourth-order valence-electron chi connectivity index (χ4n) is 3.24. The van der Waals surface area contributed by atoms with Crippen molar-refractivity contribution in [3.63, 3.8) is 0 Å². The summed E-state index contributed by atoms with van der Waals surface area (Å²) in [5, 5.41) is 14.4. The van der Waals surface area contributed by atoms with E-state index in [2.05, 4.69) is 5.10 Å². The average Bonchev–Trinajstić information content (AvgIpc) is 2.97. The number of nitrogens with zero attached hydrogens (tertiary/aromatic N) is 2. The van der Waals surface area contributed by atoms with E-state index >= 15 is 0 Å². The van der Waals surface area contributed by atoms with Crippen molar-refractivity contribution in [3.8, 4) is 0 Å². The molecule has 0 radical (unpaired) electrons. The Hall–Kier alpha value is -2.83. The molecule has 0 aliphatic carbocycles. The molecule has 162 valence electrons. The van der Waals surface area contributed by atoms with Gasteiger partial charge in [0.1, 0.15) is 6.61 Å². The molecule has 0 aliphatic heterocycles. The largest absolute Gasteiger partial charge is 0.481 e. The van der Waals surface area contributed by atoms with Crippen LogP contribution in [0.4, 0.5) is 0 Å². The molecule has 1 aromatic heterocycles. The Balaban J connectivity index is 1.57. The molecule has 1 N–H and O–H groups in total. The number of halogens is 2. The predicted octanol–water partition coefficient (Wildman–Crippen LogP) is 4.77. The second kappa shape index (κ2) is 9.98. The maximum Gasteiger partial charge on any atom is 0.310 e. The number of carbonyl (C=O) groups excluding carboxylic acids is 1. The van der Waals surface area contributed by atoms with Gasteiger partial charge in [0.25, 0.3) is 0 Å². The zero-order valence-corrected chi connectivity index (χ0v) is 18.7. The molecule has 6 nitrogen and oxygen atoms in total. The fraction of sp³-hybridized carbons (Fsp3) is 0.261. The number of carboxylic acid groups (broad SMARTS) is 1. The first-order valence-corrected chi connectivity index (χ1v) is 10.4. The van der Waals surface area contributed by atoms with E-state index in [1.165, 1.54) is 0 Å². The van der Waals surface area contributed by atoms with Gasteiger partial charge in [-0.15, -0.1) is 0 Å². The third-order valence-electron chi connectivity index (χ3n) is 4.95. The molecule has 3 rings (SSSR count). The number of hydrogen-bond acceptors (Lipinski definition) is 4. The Labute approximate surface area is 190 Å². The summed E-state index contributed by atoms with van der Waals surface area (Å²) in [6.45, 7) is 4.34. The van der Waals surface area contributed by atoms with Crippen LogP contribution < -0.4 is 0 Å². The summed E-state index contributed by atoms with van der Waals surface area (Å²) in [4.78, 5) is 23.2. The van der Waals surface area contributed by atoms with Crippen molar-refractivity contribution in [3.05, 3.63) is 86.2 Å². The van der Waals surface area contributed by atoms with Gasteiger partial charge in [0.05, 0.1) is 35.1 Å². The fourth-order valence-corrected chi connectivity index (χ4v) is 3.56. The SMILES string of the molecule is Cc1nn(Cc2ccc(CC(=O)OCc3ccc(Cl)c(Cl)c3)cc2)c(C)c1CC(=O)O. The maximum atomic E-state index is 12.1. The topological polar surface area (TPSA) is 81.4 Å². The lowest BCUT2D eigenvalue weighted by atomic mass is 10.1. The number of benzene rings is 2. The van der Waals surface area contributed by atoms with E-state index in [0.717, 1.165) is 33.6 Å². The van der Waals surface area contributed by atoms with Gasteiger partial charge in [-0.05, 0) is 42.7 Å². The number of aromatic nitrogens is 2. The molecule has 0 saturated heterocycles. The molecule has 0 spiro atoms. The molecule has 1 heterocycles. The van der Waals surface area contributed by atoms with E-state index in [1.807, 2.05) is 38.1 Å². The lowest BCUT2D eigenvalue weighted by molar-refractivity contribution is -0.144. The van der Waals surface area contributed by atoms with Crippen molar-refractivity contribution in [1.29, 1.82) is 0 Å². The minimum Gasteiger partial charge on any atom is -0.481 e. The van der Waals surface area contributed by atoms with Crippen LogP contribution in [0.25, 0.3) is 0 Å². The molecule has 0 saturated carbocycles. The van der Waals surface area contributed by atoms with Gasteiger partial charge in [0.15, 0.2) is 0 Å². The van der Waals surface area contributed by atoms with Gasteiger partial charge in [-0.3, -0.25) is 14.3 Å². The lowest BCUT2D eigenvalue weighted by Gasteiger charge is -2.08. The Kier molecular flexibility index (Phi) is 7.36. The zero-order chi connectivity index (χ0) is 22.5. The summed E-state index contributed by atoms with van der Waals surface area (Å²) < 4.78 is 7.11. The van der Waals surface area contributed by atoms with Gasteiger partial charge in [-0.2, -0.15) is 5.10 Å². The van der Waals surface area contributed by atoms with E-state index < -0.39 is 5.97 Å². The second-order valence-corrected chi connectivity index (χ2v) is 8.09. The molecule has 0 fully saturated rings. The highest BCUT2D eigenvalue weighted by Gasteiger charge is 2.14. The average molecular weight is 461 g/mol. The molecule has 8 heteroatoms. The van der Waals surface area contributed by atoms with Crippen LogP contribution in [0.1, 0.15) is 33.6 Å². The van der Waals surface area contributed by atoms with E-state index in [0.29, 0.717) is 16.6 Å². The van der Waals surface area contributed by atoms with Crippen molar-refractivity contribution < 1.29 is 19.4 Å². The second-order valence-electron chi connectivity index (χ2n) is 7.28. The van der Waals surface area contributed by atoms with Gasteiger partial charge >= 0.3 is 11.9 Å². The summed E-state index contributed by atoms with van der Waals surface area (Å²) in [7, 11) is 0. The minimum atomic E-state index is -0.874. The van der Waals surface area contributed by atoms with E-state index in [1.54, 1.807) is 22.9 Å². The first-order valence-electron chi connectivity index (χ1n) is 9.65. The van der Waals surface area contributed by atoms with Gasteiger partial charge in [-0.1, -0.05) is 53.5 Å². The number of esters is 1. The summed E-state index contributed by atoms with van der Waals surface area (Å²) in [6.07, 6.45) is 0.116. The number of aryl methyl sites for hydroxylation is 1. The highest BCUT2D eigenvalue weighted by molar-refractivity contribution is 6.42. The highest BCUT2D eigenvalue weighted by atomic mass is 35.5. The van der Waals surface area contributed by atoms with Crippen LogP contribution in [-0.2, 0) is 40.3 Å². The molecule has 0 atom stereocenters. The van der Waals surface area contributed by atoms with Crippen LogP contribution in [0.5, 0.6) is 0 Å². The van der Waals surface area contributed by atoms with Gasteiger partial charge in [-0.25, -0.2) is 0 Å². The number of aliphatic carboxylic acids is 1. The molecule has 31 heavy (non-hydrogen) atoms. The van der Waals surface area contributed by atoms with Crippen LogP contribution in [0.3, 0.4) is 0 Å². The summed E-state index contributed by atoms with van der Waals surface area (Å²) in [5.74, 6) is -1.21. The van der Waals surface area contributed by atoms with Crippen molar-refractivity contribution in [2.45, 2.75) is 39.8 Å². The van der Waals surface area contributed by atoms with Crippen LogP contribution in [0, 0.1) is 13.8 Å². The molecule has 0 amide bonds. The smallest absolute Gasteiger partial charge is 0.310 e. The summed E-state index contributed by atoms with van der Waals surface area (Å²) >= 11 is 11.9. The monoisotopic (exact) mass is 460 g/mol. The van der Waals surface area contributed by atoms with Crippen LogP contribution in [-0.4, -0.2) is 26.8 Å². The first-order chi connectivity index (χ1) is 14.7. The number of carbonyl (C=O) groups is 2. The molecule has 0 aliphatic rings. The number of ether oxygens (including phenoxy) is 1. The Morgan fingerprint density at radius 1 is 0.968 bits per heavy atom. The van der Waals surface area contributed by atoms with Crippen molar-refractivity contribution in [2.75, 3.05) is 0 Å². The van der Waals surface area contributed by atoms with E-state index in [9.17, 15) is 9.59 Å². The van der Waals surface area contributed by atoms with Gasteiger partial charge in [0.2, 0.25) is 0 Å². The van der Waals surface area contributed by atoms with Crippen LogP contribution in [0.2, 0.25) is 10.0 Å². The van der Waals surface area contributed by atoms with Gasteiger partial charge in [0, 0.05) is 11.3 Å². The van der Waals surface area contributed by atoms with Crippen molar-refractivity contribution in [1.82, 2.24) is 9.78 Å². The quantitative estimate of drug-likeness (QED) is 0.489. The van der Waals surface area contributed by atoms with E-state index in [-0.39, 0.29) is 25.4 Å². The lowest BCUT2D eigenvalue weighted by Crippen LogP contribution is -2.09. The van der Waals surface area contributed by atoms with Crippen LogP contribution in [0.15, 0.2) is 42.5 Å². The molecule has 0 unspecified atom stereocenters. The zero-order valence-electron chi connectivity index (χ0n) is 17.2. The number of rotatable bonds is 8. The summed E-state index contributed by atoms with van der Waals surface area (Å²) in [5.41, 5.74) is 4.92.